The third-order valence-corrected chi connectivity index (χ3v) is 5.26. The molecule has 22 heavy (non-hydrogen) atoms. The Balaban J connectivity index is 1.61. The van der Waals surface area contributed by atoms with E-state index < -0.39 is 5.60 Å². The van der Waals surface area contributed by atoms with Crippen molar-refractivity contribution in [3.8, 4) is 11.3 Å². The fraction of sp³-hybridized carbons (Fsp3) is 0.444. The van der Waals surface area contributed by atoms with Crippen LogP contribution in [0.4, 0.5) is 0 Å². The molecule has 0 radical (unpaired) electrons. The normalized spacial score (nSPS) is 19.0. The summed E-state index contributed by atoms with van der Waals surface area (Å²) in [7, 11) is 0. The number of thioether (sulfide) groups is 1. The fourth-order valence-corrected chi connectivity index (χ4v) is 3.97. The highest BCUT2D eigenvalue weighted by Gasteiger charge is 2.29. The second-order valence-corrected chi connectivity index (χ2v) is 7.23. The molecule has 1 aromatic heterocycles. The summed E-state index contributed by atoms with van der Waals surface area (Å²) in [6.07, 6.45) is 1.73. The van der Waals surface area contributed by atoms with Gasteiger partial charge < -0.3 is 14.8 Å². The SMILES string of the molecule is C[C@@H](NCC1(O)CCSCC1)c1ccc(-c2ccccc2)o1. The van der Waals surface area contributed by atoms with Crippen LogP contribution in [0.3, 0.4) is 0 Å². The van der Waals surface area contributed by atoms with Crippen LogP contribution in [0.1, 0.15) is 31.6 Å². The van der Waals surface area contributed by atoms with Gasteiger partial charge >= 0.3 is 0 Å². The van der Waals surface area contributed by atoms with Crippen LogP contribution in [-0.2, 0) is 0 Å². The molecule has 4 heteroatoms. The van der Waals surface area contributed by atoms with Crippen LogP contribution in [0.25, 0.3) is 11.3 Å². The van der Waals surface area contributed by atoms with E-state index in [1.165, 1.54) is 0 Å². The predicted octanol–water partition coefficient (Wildman–Crippen LogP) is 3.86. The van der Waals surface area contributed by atoms with Crippen molar-refractivity contribution in [2.75, 3.05) is 18.1 Å². The van der Waals surface area contributed by atoms with Crippen molar-refractivity contribution in [1.29, 1.82) is 0 Å². The standard InChI is InChI=1S/C18H23NO2S/c1-14(19-13-18(20)9-11-22-12-10-18)16-7-8-17(21-16)15-5-3-2-4-6-15/h2-8,14,19-20H,9-13H2,1H3/t14-/m1/s1. The van der Waals surface area contributed by atoms with Crippen LogP contribution < -0.4 is 5.32 Å². The first-order valence-corrected chi connectivity index (χ1v) is 9.00. The average molecular weight is 317 g/mol. The van der Waals surface area contributed by atoms with E-state index in [1.54, 1.807) is 0 Å². The van der Waals surface area contributed by atoms with E-state index in [2.05, 4.69) is 12.2 Å². The third-order valence-electron chi connectivity index (χ3n) is 4.27. The highest BCUT2D eigenvalue weighted by atomic mass is 32.2. The van der Waals surface area contributed by atoms with Crippen LogP contribution in [0, 0.1) is 0 Å². The summed E-state index contributed by atoms with van der Waals surface area (Å²) in [5.74, 6) is 3.89. The lowest BCUT2D eigenvalue weighted by molar-refractivity contribution is 0.0295. The first-order valence-electron chi connectivity index (χ1n) is 7.85. The lowest BCUT2D eigenvalue weighted by Gasteiger charge is -2.32. The maximum atomic E-state index is 10.5. The lowest BCUT2D eigenvalue weighted by atomic mass is 9.96. The van der Waals surface area contributed by atoms with Crippen LogP contribution in [0.5, 0.6) is 0 Å². The molecule has 0 aliphatic carbocycles. The minimum atomic E-state index is -0.561. The van der Waals surface area contributed by atoms with Crippen molar-refractivity contribution in [2.45, 2.75) is 31.4 Å². The summed E-state index contributed by atoms with van der Waals surface area (Å²) < 4.78 is 5.96. The van der Waals surface area contributed by atoms with Gasteiger partial charge in [0.05, 0.1) is 11.6 Å². The van der Waals surface area contributed by atoms with Gasteiger partial charge in [0.15, 0.2) is 0 Å². The Morgan fingerprint density at radius 3 is 2.64 bits per heavy atom. The first-order chi connectivity index (χ1) is 10.7. The van der Waals surface area contributed by atoms with E-state index in [4.69, 9.17) is 4.42 Å². The first kappa shape index (κ1) is 15.7. The summed E-state index contributed by atoms with van der Waals surface area (Å²) in [4.78, 5) is 0. The molecule has 0 saturated carbocycles. The molecule has 3 rings (SSSR count). The van der Waals surface area contributed by atoms with Crippen LogP contribution in [0.15, 0.2) is 46.9 Å². The third kappa shape index (κ3) is 3.75. The van der Waals surface area contributed by atoms with Crippen molar-refractivity contribution >= 4 is 11.8 Å². The van der Waals surface area contributed by atoms with E-state index in [0.717, 1.165) is 41.4 Å². The molecule has 0 bridgehead atoms. The number of benzene rings is 1. The maximum absolute atomic E-state index is 10.5. The van der Waals surface area contributed by atoms with Crippen molar-refractivity contribution in [2.24, 2.45) is 0 Å². The lowest BCUT2D eigenvalue weighted by Crippen LogP contribution is -2.44. The Morgan fingerprint density at radius 2 is 1.91 bits per heavy atom. The molecule has 3 nitrogen and oxygen atoms in total. The van der Waals surface area contributed by atoms with Gasteiger partial charge in [-0.05, 0) is 43.4 Å². The summed E-state index contributed by atoms with van der Waals surface area (Å²) >= 11 is 1.92. The van der Waals surface area contributed by atoms with E-state index in [0.29, 0.717) is 6.54 Å². The van der Waals surface area contributed by atoms with Gasteiger partial charge in [-0.1, -0.05) is 30.3 Å². The molecular weight excluding hydrogens is 294 g/mol. The number of nitrogens with one attached hydrogen (secondary N) is 1. The monoisotopic (exact) mass is 317 g/mol. The second kappa shape index (κ2) is 6.90. The molecule has 1 aliphatic heterocycles. The van der Waals surface area contributed by atoms with E-state index in [1.807, 2.05) is 54.2 Å². The zero-order valence-corrected chi connectivity index (χ0v) is 13.7. The van der Waals surface area contributed by atoms with E-state index >= 15 is 0 Å². The smallest absolute Gasteiger partial charge is 0.134 e. The molecule has 1 fully saturated rings. The van der Waals surface area contributed by atoms with Crippen LogP contribution in [-0.4, -0.2) is 28.8 Å². The molecular formula is C18H23NO2S. The van der Waals surface area contributed by atoms with Gasteiger partial charge in [0, 0.05) is 12.1 Å². The zero-order valence-electron chi connectivity index (χ0n) is 12.9. The van der Waals surface area contributed by atoms with Gasteiger partial charge in [0.25, 0.3) is 0 Å². The maximum Gasteiger partial charge on any atom is 0.134 e. The minimum absolute atomic E-state index is 0.0936. The number of rotatable bonds is 5. The molecule has 0 unspecified atom stereocenters. The Morgan fingerprint density at radius 1 is 1.18 bits per heavy atom. The topological polar surface area (TPSA) is 45.4 Å². The van der Waals surface area contributed by atoms with E-state index in [-0.39, 0.29) is 6.04 Å². The molecule has 2 N–H and O–H groups in total. The van der Waals surface area contributed by atoms with Crippen molar-refractivity contribution in [3.05, 3.63) is 48.2 Å². The van der Waals surface area contributed by atoms with Crippen molar-refractivity contribution < 1.29 is 9.52 Å². The summed E-state index contributed by atoms with van der Waals surface area (Å²) in [5.41, 5.74) is 0.526. The number of furan rings is 1. The van der Waals surface area contributed by atoms with E-state index in [9.17, 15) is 5.11 Å². The van der Waals surface area contributed by atoms with Crippen molar-refractivity contribution in [3.63, 3.8) is 0 Å². The summed E-state index contributed by atoms with van der Waals surface area (Å²) in [5, 5.41) is 14.0. The predicted molar refractivity (Wildman–Crippen MR) is 92.1 cm³/mol. The average Bonchev–Trinajstić information content (AvgIpc) is 3.04. The second-order valence-electron chi connectivity index (χ2n) is 6.01. The molecule has 2 aromatic rings. The van der Waals surface area contributed by atoms with Gasteiger partial charge in [-0.25, -0.2) is 0 Å². The minimum Gasteiger partial charge on any atom is -0.459 e. The fourth-order valence-electron chi connectivity index (χ4n) is 2.71. The number of hydrogen-bond donors (Lipinski definition) is 2. The molecule has 1 saturated heterocycles. The van der Waals surface area contributed by atoms with Crippen LogP contribution in [0.2, 0.25) is 0 Å². The van der Waals surface area contributed by atoms with Gasteiger partial charge in [-0.2, -0.15) is 11.8 Å². The molecule has 118 valence electrons. The summed E-state index contributed by atoms with van der Waals surface area (Å²) in [6.45, 7) is 2.70. The quantitative estimate of drug-likeness (QED) is 0.879. The number of aliphatic hydroxyl groups is 1. The highest BCUT2D eigenvalue weighted by Crippen LogP contribution is 2.28. The van der Waals surface area contributed by atoms with Crippen LogP contribution >= 0.6 is 11.8 Å². The molecule has 1 atom stereocenters. The Hall–Kier alpha value is -1.23. The highest BCUT2D eigenvalue weighted by molar-refractivity contribution is 7.99. The number of hydrogen-bond acceptors (Lipinski definition) is 4. The van der Waals surface area contributed by atoms with Crippen molar-refractivity contribution in [1.82, 2.24) is 5.32 Å². The summed E-state index contributed by atoms with van der Waals surface area (Å²) in [6, 6.07) is 14.2. The largest absolute Gasteiger partial charge is 0.459 e. The van der Waals surface area contributed by atoms with Gasteiger partial charge in [0.2, 0.25) is 0 Å². The molecule has 2 heterocycles. The van der Waals surface area contributed by atoms with Gasteiger partial charge in [0.1, 0.15) is 11.5 Å². The molecule has 1 aromatic carbocycles. The molecule has 0 amide bonds. The molecule has 1 aliphatic rings. The Bertz CT molecular complexity index is 590. The Labute approximate surface area is 136 Å². The van der Waals surface area contributed by atoms with Gasteiger partial charge in [-0.15, -0.1) is 0 Å². The Kier molecular flexibility index (Phi) is 4.91. The van der Waals surface area contributed by atoms with Gasteiger partial charge in [-0.3, -0.25) is 0 Å². The zero-order chi connectivity index (χ0) is 15.4. The molecule has 0 spiro atoms.